The van der Waals surface area contributed by atoms with Crippen LogP contribution in [0, 0.1) is 5.92 Å². The van der Waals surface area contributed by atoms with Crippen molar-refractivity contribution < 1.29 is 14.6 Å². The highest BCUT2D eigenvalue weighted by Crippen LogP contribution is 2.36. The predicted octanol–water partition coefficient (Wildman–Crippen LogP) is 2.52. The summed E-state index contributed by atoms with van der Waals surface area (Å²) in [7, 11) is 0. The van der Waals surface area contributed by atoms with Crippen LogP contribution < -0.4 is 0 Å². The van der Waals surface area contributed by atoms with Crippen LogP contribution in [0.15, 0.2) is 36.0 Å². The Labute approximate surface area is 108 Å². The third-order valence-corrected chi connectivity index (χ3v) is 3.85. The zero-order valence-corrected chi connectivity index (χ0v) is 10.8. The summed E-state index contributed by atoms with van der Waals surface area (Å²) in [6, 6.07) is 0. The minimum absolute atomic E-state index is 0.0919. The topological polar surface area (TPSA) is 46.5 Å². The first kappa shape index (κ1) is 13.1. The van der Waals surface area contributed by atoms with E-state index in [1.807, 2.05) is 6.92 Å². The van der Waals surface area contributed by atoms with Crippen LogP contribution in [0.25, 0.3) is 0 Å². The summed E-state index contributed by atoms with van der Waals surface area (Å²) in [5, 5.41) is 10.1. The molecule has 18 heavy (non-hydrogen) atoms. The van der Waals surface area contributed by atoms with Gasteiger partial charge in [-0.05, 0) is 31.8 Å². The molecule has 0 aromatic heterocycles. The van der Waals surface area contributed by atoms with Gasteiger partial charge in [-0.3, -0.25) is 0 Å². The number of rotatable bonds is 0. The van der Waals surface area contributed by atoms with Crippen molar-refractivity contribution in [3.8, 4) is 0 Å². The molecule has 2 rings (SSSR count). The molecule has 3 atom stereocenters. The molecule has 1 N–H and O–H groups in total. The van der Waals surface area contributed by atoms with E-state index in [2.05, 4.69) is 19.2 Å². The normalized spacial score (nSPS) is 36.7. The molecular formula is C15H20O3. The highest BCUT2D eigenvalue weighted by molar-refractivity contribution is 5.90. The molecule has 0 saturated carbocycles. The highest BCUT2D eigenvalue weighted by Gasteiger charge is 2.39. The molecule has 0 amide bonds. The number of ether oxygens (including phenoxy) is 1. The summed E-state index contributed by atoms with van der Waals surface area (Å²) in [6.45, 7) is 9.76. The second-order valence-electron chi connectivity index (χ2n) is 5.28. The van der Waals surface area contributed by atoms with Gasteiger partial charge in [0.15, 0.2) is 0 Å². The molecule has 0 bridgehead atoms. The summed E-state index contributed by atoms with van der Waals surface area (Å²) < 4.78 is 5.34. The maximum atomic E-state index is 11.6. The summed E-state index contributed by atoms with van der Waals surface area (Å²) in [6.07, 6.45) is 4.27. The van der Waals surface area contributed by atoms with Crippen molar-refractivity contribution >= 4 is 5.97 Å². The molecule has 0 radical (unpaired) electrons. The molecule has 1 aliphatic carbocycles. The Morgan fingerprint density at radius 2 is 2.17 bits per heavy atom. The van der Waals surface area contributed by atoms with Gasteiger partial charge in [-0.25, -0.2) is 4.79 Å². The average molecular weight is 248 g/mol. The average Bonchev–Trinajstić information content (AvgIpc) is 2.56. The van der Waals surface area contributed by atoms with Gasteiger partial charge < -0.3 is 9.84 Å². The summed E-state index contributed by atoms with van der Waals surface area (Å²) in [5.74, 6) is -0.416. The van der Waals surface area contributed by atoms with Gasteiger partial charge in [0.1, 0.15) is 6.10 Å². The molecule has 1 unspecified atom stereocenters. The van der Waals surface area contributed by atoms with Crippen LogP contribution in [0.5, 0.6) is 0 Å². The van der Waals surface area contributed by atoms with Gasteiger partial charge in [-0.1, -0.05) is 24.8 Å². The number of carbonyl (C=O) groups excluding carboxylic acids is 1. The molecule has 1 aliphatic heterocycles. The first-order chi connectivity index (χ1) is 8.49. The number of fused-ring (bicyclic) bond motifs is 1. The fraction of sp³-hybridized carbons (Fsp3) is 0.533. The van der Waals surface area contributed by atoms with Gasteiger partial charge >= 0.3 is 5.97 Å². The third kappa shape index (κ3) is 2.56. The summed E-state index contributed by atoms with van der Waals surface area (Å²) in [5.41, 5.74) is 2.53. The molecule has 1 fully saturated rings. The van der Waals surface area contributed by atoms with Crippen LogP contribution >= 0.6 is 0 Å². The number of hydrogen-bond donors (Lipinski definition) is 1. The van der Waals surface area contributed by atoms with Crippen LogP contribution in [0.2, 0.25) is 0 Å². The Morgan fingerprint density at radius 3 is 2.89 bits per heavy atom. The van der Waals surface area contributed by atoms with Gasteiger partial charge in [0.05, 0.1) is 6.10 Å². The monoisotopic (exact) mass is 248 g/mol. The Hall–Kier alpha value is -1.35. The Bertz CT molecular complexity index is 419. The number of carbonyl (C=O) groups is 1. The molecule has 3 nitrogen and oxygen atoms in total. The van der Waals surface area contributed by atoms with Crippen LogP contribution in [-0.2, 0) is 9.53 Å². The Balaban J connectivity index is 2.25. The van der Waals surface area contributed by atoms with Gasteiger partial charge in [0.25, 0.3) is 0 Å². The fourth-order valence-electron chi connectivity index (χ4n) is 2.63. The lowest BCUT2D eigenvalue weighted by atomic mass is 9.84. The van der Waals surface area contributed by atoms with Crippen molar-refractivity contribution in [1.82, 2.24) is 0 Å². The third-order valence-electron chi connectivity index (χ3n) is 3.85. The van der Waals surface area contributed by atoms with Crippen molar-refractivity contribution in [2.24, 2.45) is 5.92 Å². The molecule has 0 spiro atoms. The molecule has 1 heterocycles. The maximum absolute atomic E-state index is 11.6. The van der Waals surface area contributed by atoms with Gasteiger partial charge in [0.2, 0.25) is 0 Å². The SMILES string of the molecule is C=C1CC/C=C(\C)C[C@H]2OC(=O)C(=C)[C@H]2CC1O. The predicted molar refractivity (Wildman–Crippen MR) is 69.9 cm³/mol. The minimum Gasteiger partial charge on any atom is -0.458 e. The van der Waals surface area contributed by atoms with Crippen LogP contribution in [0.4, 0.5) is 0 Å². The zero-order valence-electron chi connectivity index (χ0n) is 10.8. The smallest absolute Gasteiger partial charge is 0.334 e. The molecule has 0 aromatic carbocycles. The van der Waals surface area contributed by atoms with E-state index in [-0.39, 0.29) is 18.0 Å². The standard InChI is InChI=1S/C15H20O3/c1-9-5-4-6-10(2)13(16)8-12-11(3)15(17)18-14(12)7-9/h5,12-14,16H,2-4,6-8H2,1H3/b9-5+/t12-,13?,14-/m1/s1. The van der Waals surface area contributed by atoms with Crippen molar-refractivity contribution in [2.75, 3.05) is 0 Å². The second-order valence-corrected chi connectivity index (χ2v) is 5.28. The first-order valence-electron chi connectivity index (χ1n) is 6.40. The fourth-order valence-corrected chi connectivity index (χ4v) is 2.63. The van der Waals surface area contributed by atoms with E-state index in [1.54, 1.807) is 0 Å². The van der Waals surface area contributed by atoms with E-state index in [4.69, 9.17) is 4.74 Å². The van der Waals surface area contributed by atoms with E-state index < -0.39 is 6.10 Å². The minimum atomic E-state index is -0.574. The van der Waals surface area contributed by atoms with Crippen molar-refractivity contribution in [3.05, 3.63) is 36.0 Å². The maximum Gasteiger partial charge on any atom is 0.334 e. The second kappa shape index (κ2) is 5.11. The van der Waals surface area contributed by atoms with Crippen LogP contribution in [-0.4, -0.2) is 23.3 Å². The highest BCUT2D eigenvalue weighted by atomic mass is 16.6. The summed E-state index contributed by atoms with van der Waals surface area (Å²) in [4.78, 5) is 11.6. The molecular weight excluding hydrogens is 228 g/mol. The van der Waals surface area contributed by atoms with Crippen LogP contribution in [0.3, 0.4) is 0 Å². The van der Waals surface area contributed by atoms with Crippen molar-refractivity contribution in [2.45, 2.75) is 44.8 Å². The number of aliphatic hydroxyl groups is 1. The number of esters is 1. The van der Waals surface area contributed by atoms with Crippen LogP contribution in [0.1, 0.15) is 32.6 Å². The van der Waals surface area contributed by atoms with E-state index in [0.717, 1.165) is 24.8 Å². The van der Waals surface area contributed by atoms with Crippen molar-refractivity contribution in [3.63, 3.8) is 0 Å². The lowest BCUT2D eigenvalue weighted by molar-refractivity contribution is -0.139. The van der Waals surface area contributed by atoms with E-state index >= 15 is 0 Å². The molecule has 0 aromatic rings. The van der Waals surface area contributed by atoms with Gasteiger partial charge in [-0.15, -0.1) is 0 Å². The molecule has 2 aliphatic rings. The Morgan fingerprint density at radius 1 is 1.44 bits per heavy atom. The van der Waals surface area contributed by atoms with E-state index in [9.17, 15) is 9.90 Å². The number of aliphatic hydroxyl groups excluding tert-OH is 1. The quantitative estimate of drug-likeness (QED) is 0.407. The zero-order chi connectivity index (χ0) is 13.3. The molecule has 98 valence electrons. The Kier molecular flexibility index (Phi) is 3.71. The molecule has 3 heteroatoms. The van der Waals surface area contributed by atoms with Gasteiger partial charge in [0, 0.05) is 17.9 Å². The summed E-state index contributed by atoms with van der Waals surface area (Å²) >= 11 is 0. The van der Waals surface area contributed by atoms with Gasteiger partial charge in [-0.2, -0.15) is 0 Å². The lowest BCUT2D eigenvalue weighted by Crippen LogP contribution is -2.24. The molecule has 1 saturated heterocycles. The van der Waals surface area contributed by atoms with E-state index in [1.165, 1.54) is 5.57 Å². The number of hydrogen-bond acceptors (Lipinski definition) is 3. The number of allylic oxidation sites excluding steroid dienone is 1. The largest absolute Gasteiger partial charge is 0.458 e. The van der Waals surface area contributed by atoms with Crippen molar-refractivity contribution in [1.29, 1.82) is 0 Å². The van der Waals surface area contributed by atoms with E-state index in [0.29, 0.717) is 12.0 Å². The lowest BCUT2D eigenvalue weighted by Gasteiger charge is -2.23. The first-order valence-corrected chi connectivity index (χ1v) is 6.40.